The SMILES string of the molecule is Cc1ccc(C2C=C(Nc3ccc([N+](=O)[O-])cc3)C(=O)O2)cc1. The van der Waals surface area contributed by atoms with Gasteiger partial charge in [-0.15, -0.1) is 0 Å². The molecule has 2 aromatic carbocycles. The molecule has 1 aliphatic heterocycles. The predicted octanol–water partition coefficient (Wildman–Crippen LogP) is 3.50. The maximum atomic E-state index is 11.9. The topological polar surface area (TPSA) is 81.5 Å². The number of nitrogens with zero attached hydrogens (tertiary/aromatic N) is 1. The van der Waals surface area contributed by atoms with Gasteiger partial charge in [-0.1, -0.05) is 29.8 Å². The van der Waals surface area contributed by atoms with Crippen LogP contribution in [0.15, 0.2) is 60.3 Å². The van der Waals surface area contributed by atoms with Crippen LogP contribution in [0.3, 0.4) is 0 Å². The van der Waals surface area contributed by atoms with Crippen LogP contribution < -0.4 is 5.32 Å². The summed E-state index contributed by atoms with van der Waals surface area (Å²) in [6.45, 7) is 1.99. The molecule has 116 valence electrons. The summed E-state index contributed by atoms with van der Waals surface area (Å²) in [5.41, 5.74) is 2.93. The van der Waals surface area contributed by atoms with Gasteiger partial charge < -0.3 is 10.1 Å². The molecule has 1 N–H and O–H groups in total. The fraction of sp³-hybridized carbons (Fsp3) is 0.118. The second kappa shape index (κ2) is 5.92. The Morgan fingerprint density at radius 2 is 1.74 bits per heavy atom. The van der Waals surface area contributed by atoms with Crippen molar-refractivity contribution in [3.63, 3.8) is 0 Å². The number of carbonyl (C=O) groups excluding carboxylic acids is 1. The van der Waals surface area contributed by atoms with E-state index in [1.165, 1.54) is 12.1 Å². The molecule has 0 saturated carbocycles. The number of rotatable bonds is 4. The van der Waals surface area contributed by atoms with E-state index in [9.17, 15) is 14.9 Å². The van der Waals surface area contributed by atoms with E-state index >= 15 is 0 Å². The van der Waals surface area contributed by atoms with E-state index in [1.807, 2.05) is 31.2 Å². The van der Waals surface area contributed by atoms with E-state index in [1.54, 1.807) is 18.2 Å². The van der Waals surface area contributed by atoms with Crippen molar-refractivity contribution < 1.29 is 14.5 Å². The van der Waals surface area contributed by atoms with Crippen molar-refractivity contribution in [1.82, 2.24) is 0 Å². The number of benzene rings is 2. The maximum absolute atomic E-state index is 11.9. The lowest BCUT2D eigenvalue weighted by atomic mass is 10.1. The minimum atomic E-state index is -0.472. The van der Waals surface area contributed by atoms with Gasteiger partial charge in [0.25, 0.3) is 5.69 Å². The summed E-state index contributed by atoms with van der Waals surface area (Å²) in [5.74, 6) is -0.450. The summed E-state index contributed by atoms with van der Waals surface area (Å²) >= 11 is 0. The van der Waals surface area contributed by atoms with Gasteiger partial charge in [0.15, 0.2) is 0 Å². The minimum Gasteiger partial charge on any atom is -0.448 e. The monoisotopic (exact) mass is 310 g/mol. The van der Waals surface area contributed by atoms with Crippen molar-refractivity contribution in [2.45, 2.75) is 13.0 Å². The zero-order valence-electron chi connectivity index (χ0n) is 12.4. The van der Waals surface area contributed by atoms with Gasteiger partial charge in [0.1, 0.15) is 11.8 Å². The highest BCUT2D eigenvalue weighted by molar-refractivity contribution is 5.94. The smallest absolute Gasteiger partial charge is 0.355 e. The molecule has 1 atom stereocenters. The summed E-state index contributed by atoms with van der Waals surface area (Å²) < 4.78 is 5.33. The van der Waals surface area contributed by atoms with E-state index < -0.39 is 17.0 Å². The first-order chi connectivity index (χ1) is 11.0. The summed E-state index contributed by atoms with van der Waals surface area (Å²) in [6, 6.07) is 13.6. The molecule has 0 aromatic heterocycles. The normalized spacial score (nSPS) is 16.7. The predicted molar refractivity (Wildman–Crippen MR) is 84.8 cm³/mol. The summed E-state index contributed by atoms with van der Waals surface area (Å²) in [7, 11) is 0. The Bertz CT molecular complexity index is 779. The second-order valence-electron chi connectivity index (χ2n) is 5.25. The maximum Gasteiger partial charge on any atom is 0.355 e. The number of non-ortho nitro benzene ring substituents is 1. The van der Waals surface area contributed by atoms with Crippen LogP contribution >= 0.6 is 0 Å². The van der Waals surface area contributed by atoms with Crippen molar-refractivity contribution in [3.8, 4) is 0 Å². The van der Waals surface area contributed by atoms with Crippen molar-refractivity contribution in [1.29, 1.82) is 0 Å². The van der Waals surface area contributed by atoms with Crippen molar-refractivity contribution in [2.24, 2.45) is 0 Å². The molecular weight excluding hydrogens is 296 g/mol. The molecule has 23 heavy (non-hydrogen) atoms. The van der Waals surface area contributed by atoms with Gasteiger partial charge in [0, 0.05) is 17.8 Å². The van der Waals surface area contributed by atoms with Gasteiger partial charge in [0.2, 0.25) is 0 Å². The van der Waals surface area contributed by atoms with Crippen molar-refractivity contribution in [3.05, 3.63) is 81.5 Å². The molecule has 0 saturated heterocycles. The average Bonchev–Trinajstić information content (AvgIpc) is 2.89. The lowest BCUT2D eigenvalue weighted by Gasteiger charge is -2.08. The molecular formula is C17H14N2O4. The number of hydrogen-bond donors (Lipinski definition) is 1. The number of ether oxygens (including phenoxy) is 1. The van der Waals surface area contributed by atoms with E-state index in [2.05, 4.69) is 5.32 Å². The first-order valence-corrected chi connectivity index (χ1v) is 7.04. The number of carbonyl (C=O) groups is 1. The number of nitro benzene ring substituents is 1. The fourth-order valence-electron chi connectivity index (χ4n) is 2.27. The van der Waals surface area contributed by atoms with Gasteiger partial charge in [-0.2, -0.15) is 0 Å². The van der Waals surface area contributed by atoms with Crippen LogP contribution in [0.2, 0.25) is 0 Å². The summed E-state index contributed by atoms with van der Waals surface area (Å²) in [4.78, 5) is 22.1. The third kappa shape index (κ3) is 3.21. The first-order valence-electron chi connectivity index (χ1n) is 7.04. The highest BCUT2D eigenvalue weighted by Crippen LogP contribution is 2.29. The third-order valence-corrected chi connectivity index (χ3v) is 3.53. The molecule has 1 unspecified atom stereocenters. The van der Waals surface area contributed by atoms with Crippen LogP contribution in [0.5, 0.6) is 0 Å². The summed E-state index contributed by atoms with van der Waals surface area (Å²) in [5, 5.41) is 13.6. The molecule has 0 bridgehead atoms. The Hall–Kier alpha value is -3.15. The van der Waals surface area contributed by atoms with Crippen LogP contribution in [-0.4, -0.2) is 10.9 Å². The Morgan fingerprint density at radius 1 is 1.09 bits per heavy atom. The molecule has 0 aliphatic carbocycles. The molecule has 0 amide bonds. The molecule has 0 fully saturated rings. The third-order valence-electron chi connectivity index (χ3n) is 3.53. The Labute approximate surface area is 132 Å². The van der Waals surface area contributed by atoms with Gasteiger partial charge >= 0.3 is 5.97 Å². The number of aryl methyl sites for hydroxylation is 1. The zero-order valence-corrected chi connectivity index (χ0v) is 12.4. The number of nitro groups is 1. The molecule has 6 nitrogen and oxygen atoms in total. The molecule has 3 rings (SSSR count). The largest absolute Gasteiger partial charge is 0.448 e. The number of anilines is 1. The fourth-order valence-corrected chi connectivity index (χ4v) is 2.27. The van der Waals surface area contributed by atoms with E-state index in [-0.39, 0.29) is 5.69 Å². The Morgan fingerprint density at radius 3 is 2.35 bits per heavy atom. The van der Waals surface area contributed by atoms with E-state index in [0.29, 0.717) is 11.4 Å². The minimum absolute atomic E-state index is 0.00365. The van der Waals surface area contributed by atoms with Crippen LogP contribution in [0.1, 0.15) is 17.2 Å². The molecule has 6 heteroatoms. The lowest BCUT2D eigenvalue weighted by molar-refractivity contribution is -0.384. The van der Waals surface area contributed by atoms with Crippen molar-refractivity contribution >= 4 is 17.3 Å². The number of esters is 1. The van der Waals surface area contributed by atoms with Crippen LogP contribution in [-0.2, 0) is 9.53 Å². The van der Waals surface area contributed by atoms with Gasteiger partial charge in [0.05, 0.1) is 4.92 Å². The molecule has 1 heterocycles. The van der Waals surface area contributed by atoms with Crippen LogP contribution in [0.4, 0.5) is 11.4 Å². The highest BCUT2D eigenvalue weighted by Gasteiger charge is 2.26. The van der Waals surface area contributed by atoms with E-state index in [0.717, 1.165) is 11.1 Å². The average molecular weight is 310 g/mol. The Kier molecular flexibility index (Phi) is 3.80. The summed E-state index contributed by atoms with van der Waals surface area (Å²) in [6.07, 6.45) is 1.28. The number of hydrogen-bond acceptors (Lipinski definition) is 5. The quantitative estimate of drug-likeness (QED) is 0.531. The van der Waals surface area contributed by atoms with E-state index in [4.69, 9.17) is 4.74 Å². The highest BCUT2D eigenvalue weighted by atomic mass is 16.6. The molecule has 1 aliphatic rings. The van der Waals surface area contributed by atoms with Crippen LogP contribution in [0, 0.1) is 17.0 Å². The number of nitrogens with one attached hydrogen (secondary N) is 1. The number of cyclic esters (lactones) is 1. The molecule has 0 spiro atoms. The first kappa shape index (κ1) is 14.8. The lowest BCUT2D eigenvalue weighted by Crippen LogP contribution is -2.08. The van der Waals surface area contributed by atoms with Crippen LogP contribution in [0.25, 0.3) is 0 Å². The molecule has 0 radical (unpaired) electrons. The molecule has 2 aromatic rings. The van der Waals surface area contributed by atoms with Gasteiger partial charge in [-0.05, 0) is 30.7 Å². The standard InChI is InChI=1S/C17H14N2O4/c1-11-2-4-12(5-3-11)16-10-15(17(20)23-16)18-13-6-8-14(9-7-13)19(21)22/h2-10,16,18H,1H3. The second-order valence-corrected chi connectivity index (χ2v) is 5.25. The van der Waals surface area contributed by atoms with Gasteiger partial charge in [-0.25, -0.2) is 4.79 Å². The van der Waals surface area contributed by atoms with Gasteiger partial charge in [-0.3, -0.25) is 10.1 Å². The zero-order chi connectivity index (χ0) is 16.4. The van der Waals surface area contributed by atoms with Crippen molar-refractivity contribution in [2.75, 3.05) is 5.32 Å². The Balaban J connectivity index is 1.76.